The number of likely N-dealkylation sites (tertiary alicyclic amines) is 1. The molecule has 1 aliphatic rings. The largest absolute Gasteiger partial charge is 0.466 e. The van der Waals surface area contributed by atoms with E-state index < -0.39 is 0 Å². The molecule has 0 aliphatic carbocycles. The van der Waals surface area contributed by atoms with Gasteiger partial charge >= 0.3 is 5.97 Å². The predicted octanol–water partition coefficient (Wildman–Crippen LogP) is 3.93. The molecule has 162 valence electrons. The summed E-state index contributed by atoms with van der Waals surface area (Å²) in [5.41, 5.74) is 2.52. The average Bonchev–Trinajstić information content (AvgIpc) is 3.03. The maximum atomic E-state index is 13.8. The van der Waals surface area contributed by atoms with Crippen LogP contribution in [0.15, 0.2) is 24.3 Å². The van der Waals surface area contributed by atoms with Crippen LogP contribution in [-0.4, -0.2) is 46.3 Å². The van der Waals surface area contributed by atoms with Crippen molar-refractivity contribution in [3.63, 3.8) is 0 Å². The number of halogens is 1. The summed E-state index contributed by atoms with van der Waals surface area (Å²) in [6.45, 7) is 9.05. The third kappa shape index (κ3) is 4.71. The van der Waals surface area contributed by atoms with E-state index in [9.17, 15) is 14.0 Å². The fourth-order valence-corrected chi connectivity index (χ4v) is 4.00. The minimum atomic E-state index is -0.353. The molecule has 2 heterocycles. The van der Waals surface area contributed by atoms with Crippen LogP contribution in [0.1, 0.15) is 55.4 Å². The molecule has 1 aromatic heterocycles. The standard InChI is InChI=1S/C23H30FN3O3/c1-5-30-23(29)17-8-7-11-26(14-17)22(28)21-16(4)27(25-20(21)12-15(2)3)19-10-6-9-18(24)13-19/h6,9-10,13,15,17H,5,7-8,11-12,14H2,1-4H3/t17-/m1/s1. The Morgan fingerprint density at radius 2 is 2.10 bits per heavy atom. The number of carbonyl (C=O) groups is 2. The van der Waals surface area contributed by atoms with Crippen LogP contribution in [-0.2, 0) is 16.0 Å². The molecule has 1 aliphatic heterocycles. The van der Waals surface area contributed by atoms with E-state index in [2.05, 4.69) is 18.9 Å². The SMILES string of the molecule is CCOC(=O)[C@@H]1CCCN(C(=O)c2c(CC(C)C)nn(-c3cccc(F)c3)c2C)C1. The van der Waals surface area contributed by atoms with Gasteiger partial charge in [-0.15, -0.1) is 0 Å². The lowest BCUT2D eigenvalue weighted by atomic mass is 9.96. The third-order valence-corrected chi connectivity index (χ3v) is 5.39. The molecular weight excluding hydrogens is 385 g/mol. The molecule has 6 nitrogen and oxygen atoms in total. The summed E-state index contributed by atoms with van der Waals surface area (Å²) in [5, 5.41) is 4.67. The van der Waals surface area contributed by atoms with Gasteiger partial charge in [-0.3, -0.25) is 9.59 Å². The van der Waals surface area contributed by atoms with Crippen molar-refractivity contribution in [1.82, 2.24) is 14.7 Å². The first-order valence-corrected chi connectivity index (χ1v) is 10.6. The number of carbonyl (C=O) groups excluding carboxylic acids is 2. The number of hydrogen-bond donors (Lipinski definition) is 0. The Bertz CT molecular complexity index is 922. The molecule has 7 heteroatoms. The van der Waals surface area contributed by atoms with E-state index in [0.717, 1.165) is 12.8 Å². The molecule has 0 spiro atoms. The summed E-state index contributed by atoms with van der Waals surface area (Å²) in [5.74, 6) is -0.714. The van der Waals surface area contributed by atoms with Gasteiger partial charge in [0.25, 0.3) is 5.91 Å². The highest BCUT2D eigenvalue weighted by molar-refractivity contribution is 5.97. The highest BCUT2D eigenvalue weighted by Gasteiger charge is 2.33. The first kappa shape index (κ1) is 22.0. The van der Waals surface area contributed by atoms with Gasteiger partial charge in [-0.2, -0.15) is 5.10 Å². The zero-order valence-corrected chi connectivity index (χ0v) is 18.2. The maximum Gasteiger partial charge on any atom is 0.310 e. The molecule has 0 radical (unpaired) electrons. The molecule has 1 saturated heterocycles. The van der Waals surface area contributed by atoms with Crippen molar-refractivity contribution in [2.24, 2.45) is 11.8 Å². The fourth-order valence-electron chi connectivity index (χ4n) is 4.00. The van der Waals surface area contributed by atoms with Gasteiger partial charge in [0, 0.05) is 13.1 Å². The van der Waals surface area contributed by atoms with E-state index in [1.54, 1.807) is 28.6 Å². The first-order chi connectivity index (χ1) is 14.3. The Balaban J connectivity index is 1.95. The molecule has 1 amide bonds. The van der Waals surface area contributed by atoms with Gasteiger partial charge in [-0.05, 0) is 57.2 Å². The minimum absolute atomic E-state index is 0.125. The van der Waals surface area contributed by atoms with E-state index in [0.29, 0.717) is 54.7 Å². The van der Waals surface area contributed by atoms with Crippen LogP contribution in [0.25, 0.3) is 5.69 Å². The third-order valence-electron chi connectivity index (χ3n) is 5.39. The Kier molecular flexibility index (Phi) is 6.90. The molecule has 2 aromatic rings. The minimum Gasteiger partial charge on any atom is -0.466 e. The number of hydrogen-bond acceptors (Lipinski definition) is 4. The van der Waals surface area contributed by atoms with Crippen LogP contribution < -0.4 is 0 Å². The molecule has 1 aromatic carbocycles. The Labute approximate surface area is 177 Å². The van der Waals surface area contributed by atoms with Crippen LogP contribution in [0.5, 0.6) is 0 Å². The zero-order valence-electron chi connectivity index (χ0n) is 18.2. The summed E-state index contributed by atoms with van der Waals surface area (Å²) in [7, 11) is 0. The van der Waals surface area contributed by atoms with Gasteiger partial charge in [0.1, 0.15) is 5.82 Å². The van der Waals surface area contributed by atoms with Gasteiger partial charge in [0.2, 0.25) is 0 Å². The van der Waals surface area contributed by atoms with E-state index in [1.165, 1.54) is 12.1 Å². The Morgan fingerprint density at radius 3 is 2.77 bits per heavy atom. The second kappa shape index (κ2) is 9.41. The highest BCUT2D eigenvalue weighted by Crippen LogP contribution is 2.26. The summed E-state index contributed by atoms with van der Waals surface area (Å²) in [6.07, 6.45) is 2.12. The van der Waals surface area contributed by atoms with E-state index >= 15 is 0 Å². The topological polar surface area (TPSA) is 64.4 Å². The van der Waals surface area contributed by atoms with Gasteiger partial charge in [-0.25, -0.2) is 9.07 Å². The number of nitrogens with zero attached hydrogens (tertiary/aromatic N) is 3. The van der Waals surface area contributed by atoms with Gasteiger partial charge in [-0.1, -0.05) is 19.9 Å². The monoisotopic (exact) mass is 415 g/mol. The quantitative estimate of drug-likeness (QED) is 0.671. The summed E-state index contributed by atoms with van der Waals surface area (Å²) in [4.78, 5) is 27.4. The molecule has 0 N–H and O–H groups in total. The number of benzene rings is 1. The van der Waals surface area contributed by atoms with Crippen molar-refractivity contribution < 1.29 is 18.7 Å². The smallest absolute Gasteiger partial charge is 0.310 e. The van der Waals surface area contributed by atoms with Gasteiger partial charge in [0.15, 0.2) is 0 Å². The molecule has 3 rings (SSSR count). The average molecular weight is 416 g/mol. The molecule has 0 saturated carbocycles. The predicted molar refractivity (Wildman–Crippen MR) is 112 cm³/mol. The van der Waals surface area contributed by atoms with Crippen LogP contribution in [0.3, 0.4) is 0 Å². The van der Waals surface area contributed by atoms with E-state index in [1.807, 2.05) is 6.92 Å². The van der Waals surface area contributed by atoms with Crippen molar-refractivity contribution in [2.75, 3.05) is 19.7 Å². The first-order valence-electron chi connectivity index (χ1n) is 10.6. The van der Waals surface area contributed by atoms with Crippen molar-refractivity contribution in [1.29, 1.82) is 0 Å². The number of aromatic nitrogens is 2. The molecule has 1 atom stereocenters. The van der Waals surface area contributed by atoms with Crippen molar-refractivity contribution in [3.8, 4) is 5.69 Å². The molecule has 1 fully saturated rings. The van der Waals surface area contributed by atoms with Crippen molar-refractivity contribution in [3.05, 3.63) is 47.0 Å². The molecule has 30 heavy (non-hydrogen) atoms. The van der Waals surface area contributed by atoms with Gasteiger partial charge < -0.3 is 9.64 Å². The lowest BCUT2D eigenvalue weighted by molar-refractivity contribution is -0.149. The summed E-state index contributed by atoms with van der Waals surface area (Å²) >= 11 is 0. The number of ether oxygens (including phenoxy) is 1. The Morgan fingerprint density at radius 1 is 1.33 bits per heavy atom. The Hall–Kier alpha value is -2.70. The normalized spacial score (nSPS) is 16.7. The zero-order chi connectivity index (χ0) is 21.8. The molecular formula is C23H30FN3O3. The summed E-state index contributed by atoms with van der Waals surface area (Å²) < 4.78 is 20.6. The number of piperidine rings is 1. The van der Waals surface area contributed by atoms with E-state index in [-0.39, 0.29) is 23.6 Å². The second-order valence-electron chi connectivity index (χ2n) is 8.24. The summed E-state index contributed by atoms with van der Waals surface area (Å²) in [6, 6.07) is 6.19. The van der Waals surface area contributed by atoms with Crippen LogP contribution in [0, 0.1) is 24.6 Å². The number of amides is 1. The lowest BCUT2D eigenvalue weighted by Gasteiger charge is -2.31. The molecule has 0 unspecified atom stereocenters. The van der Waals surface area contributed by atoms with Crippen molar-refractivity contribution in [2.45, 2.75) is 47.0 Å². The number of rotatable bonds is 6. The van der Waals surface area contributed by atoms with Crippen LogP contribution in [0.2, 0.25) is 0 Å². The van der Waals surface area contributed by atoms with E-state index in [4.69, 9.17) is 4.74 Å². The highest BCUT2D eigenvalue weighted by atomic mass is 19.1. The van der Waals surface area contributed by atoms with Gasteiger partial charge in [0.05, 0.1) is 35.2 Å². The molecule has 0 bridgehead atoms. The lowest BCUT2D eigenvalue weighted by Crippen LogP contribution is -2.43. The van der Waals surface area contributed by atoms with Crippen LogP contribution in [0.4, 0.5) is 4.39 Å². The second-order valence-corrected chi connectivity index (χ2v) is 8.24. The van der Waals surface area contributed by atoms with Crippen molar-refractivity contribution >= 4 is 11.9 Å². The van der Waals surface area contributed by atoms with Crippen LogP contribution >= 0.6 is 0 Å². The maximum absolute atomic E-state index is 13.8. The fraction of sp³-hybridized carbons (Fsp3) is 0.522. The number of esters is 1.